The molecule has 0 aromatic heterocycles. The van der Waals surface area contributed by atoms with Gasteiger partial charge in [0.1, 0.15) is 0 Å². The van der Waals surface area contributed by atoms with Crippen LogP contribution in [0.5, 0.6) is 17.2 Å². The van der Waals surface area contributed by atoms with Gasteiger partial charge in [-0.1, -0.05) is 11.6 Å². The molecule has 1 unspecified atom stereocenters. The Balaban J connectivity index is 3.33. The van der Waals surface area contributed by atoms with E-state index < -0.39 is 0 Å². The van der Waals surface area contributed by atoms with E-state index in [9.17, 15) is 0 Å². The molecule has 0 aliphatic carbocycles. The first kappa shape index (κ1) is 14.4. The third-order valence-corrected chi connectivity index (χ3v) is 2.84. The molecule has 0 spiro atoms. The Morgan fingerprint density at radius 1 is 1.11 bits per heavy atom. The molecule has 1 atom stereocenters. The van der Waals surface area contributed by atoms with Crippen molar-refractivity contribution in [3.8, 4) is 17.2 Å². The van der Waals surface area contributed by atoms with Crippen LogP contribution in [0.3, 0.4) is 0 Å². The third kappa shape index (κ3) is 2.96. The topological polar surface area (TPSA) is 53.7 Å². The number of ether oxygens (including phenoxy) is 3. The molecular formula is C14H21NO3. The van der Waals surface area contributed by atoms with Crippen LogP contribution >= 0.6 is 0 Å². The van der Waals surface area contributed by atoms with Gasteiger partial charge in [0.25, 0.3) is 0 Å². The van der Waals surface area contributed by atoms with Crippen molar-refractivity contribution in [2.24, 2.45) is 5.73 Å². The van der Waals surface area contributed by atoms with Crippen molar-refractivity contribution in [2.45, 2.75) is 19.9 Å². The molecule has 0 radical (unpaired) electrons. The number of hydrogen-bond donors (Lipinski definition) is 1. The van der Waals surface area contributed by atoms with Gasteiger partial charge in [-0.3, -0.25) is 0 Å². The normalized spacial score (nSPS) is 13.1. The summed E-state index contributed by atoms with van der Waals surface area (Å²) in [7, 11) is 4.79. The molecule has 1 aromatic rings. The van der Waals surface area contributed by atoms with Crippen molar-refractivity contribution < 1.29 is 14.2 Å². The molecule has 100 valence electrons. The van der Waals surface area contributed by atoms with E-state index in [2.05, 4.69) is 0 Å². The molecule has 0 saturated heterocycles. The Kier molecular flexibility index (Phi) is 5.04. The van der Waals surface area contributed by atoms with Gasteiger partial charge in [0, 0.05) is 11.6 Å². The zero-order chi connectivity index (χ0) is 13.7. The van der Waals surface area contributed by atoms with E-state index in [4.69, 9.17) is 19.9 Å². The average molecular weight is 251 g/mol. The zero-order valence-corrected chi connectivity index (χ0v) is 11.6. The summed E-state index contributed by atoms with van der Waals surface area (Å²) in [6.45, 7) is 3.93. The summed E-state index contributed by atoms with van der Waals surface area (Å²) in [5.41, 5.74) is 7.83. The fourth-order valence-electron chi connectivity index (χ4n) is 1.61. The molecule has 0 saturated carbocycles. The van der Waals surface area contributed by atoms with E-state index in [1.807, 2.05) is 32.1 Å². The Morgan fingerprint density at radius 2 is 1.72 bits per heavy atom. The van der Waals surface area contributed by atoms with E-state index in [1.165, 1.54) is 0 Å². The predicted molar refractivity (Wildman–Crippen MR) is 73.4 cm³/mol. The summed E-state index contributed by atoms with van der Waals surface area (Å²) in [6, 6.07) is 3.77. The monoisotopic (exact) mass is 251 g/mol. The molecule has 0 aliphatic rings. The van der Waals surface area contributed by atoms with Crippen LogP contribution in [-0.2, 0) is 0 Å². The molecule has 1 aromatic carbocycles. The Labute approximate surface area is 108 Å². The average Bonchev–Trinajstić information content (AvgIpc) is 2.37. The van der Waals surface area contributed by atoms with Crippen LogP contribution in [0.25, 0.3) is 6.08 Å². The summed E-state index contributed by atoms with van der Waals surface area (Å²) in [6.07, 6.45) is 1.99. The minimum Gasteiger partial charge on any atom is -0.493 e. The van der Waals surface area contributed by atoms with E-state index in [-0.39, 0.29) is 6.04 Å². The van der Waals surface area contributed by atoms with Crippen molar-refractivity contribution in [1.82, 2.24) is 0 Å². The number of rotatable bonds is 5. The smallest absolute Gasteiger partial charge is 0.203 e. The van der Waals surface area contributed by atoms with Crippen LogP contribution in [0.4, 0.5) is 0 Å². The van der Waals surface area contributed by atoms with Crippen LogP contribution < -0.4 is 19.9 Å². The van der Waals surface area contributed by atoms with E-state index in [0.717, 1.165) is 11.1 Å². The summed E-state index contributed by atoms with van der Waals surface area (Å²) >= 11 is 0. The van der Waals surface area contributed by atoms with Gasteiger partial charge in [0.2, 0.25) is 5.75 Å². The molecule has 0 fully saturated rings. The van der Waals surface area contributed by atoms with Gasteiger partial charge in [0.15, 0.2) is 11.5 Å². The van der Waals surface area contributed by atoms with Gasteiger partial charge < -0.3 is 19.9 Å². The molecule has 4 heteroatoms. The van der Waals surface area contributed by atoms with Crippen LogP contribution in [0.2, 0.25) is 0 Å². The van der Waals surface area contributed by atoms with Crippen molar-refractivity contribution in [3.63, 3.8) is 0 Å². The van der Waals surface area contributed by atoms with E-state index in [0.29, 0.717) is 17.2 Å². The predicted octanol–water partition coefficient (Wildman–Crippen LogP) is 2.46. The molecular weight excluding hydrogens is 230 g/mol. The first-order valence-corrected chi connectivity index (χ1v) is 5.77. The summed E-state index contributed by atoms with van der Waals surface area (Å²) in [5.74, 6) is 1.88. The zero-order valence-electron chi connectivity index (χ0n) is 11.6. The van der Waals surface area contributed by atoms with Crippen molar-refractivity contribution in [2.75, 3.05) is 21.3 Å². The number of methoxy groups -OCH3 is 3. The van der Waals surface area contributed by atoms with Gasteiger partial charge in [-0.2, -0.15) is 0 Å². The summed E-state index contributed by atoms with van der Waals surface area (Å²) < 4.78 is 16.0. The largest absolute Gasteiger partial charge is 0.493 e. The fraction of sp³-hybridized carbons (Fsp3) is 0.429. The minimum atomic E-state index is 0.00260. The lowest BCUT2D eigenvalue weighted by Crippen LogP contribution is -2.15. The van der Waals surface area contributed by atoms with Crippen molar-refractivity contribution in [3.05, 3.63) is 23.3 Å². The highest BCUT2D eigenvalue weighted by atomic mass is 16.5. The Hall–Kier alpha value is -1.68. The highest BCUT2D eigenvalue weighted by molar-refractivity contribution is 5.68. The maximum absolute atomic E-state index is 5.84. The lowest BCUT2D eigenvalue weighted by Gasteiger charge is -2.15. The lowest BCUT2D eigenvalue weighted by molar-refractivity contribution is 0.324. The number of hydrogen-bond acceptors (Lipinski definition) is 4. The van der Waals surface area contributed by atoms with E-state index >= 15 is 0 Å². The van der Waals surface area contributed by atoms with Gasteiger partial charge in [-0.05, 0) is 26.0 Å². The molecule has 2 N–H and O–H groups in total. The molecule has 0 bridgehead atoms. The molecule has 4 nitrogen and oxygen atoms in total. The van der Waals surface area contributed by atoms with Crippen molar-refractivity contribution >= 4 is 6.08 Å². The number of benzene rings is 1. The van der Waals surface area contributed by atoms with E-state index in [1.54, 1.807) is 21.3 Å². The Morgan fingerprint density at radius 3 is 2.17 bits per heavy atom. The second kappa shape index (κ2) is 6.31. The quantitative estimate of drug-likeness (QED) is 0.873. The maximum Gasteiger partial charge on any atom is 0.203 e. The maximum atomic E-state index is 5.84. The van der Waals surface area contributed by atoms with Crippen LogP contribution in [0.15, 0.2) is 17.7 Å². The van der Waals surface area contributed by atoms with Gasteiger partial charge in [0.05, 0.1) is 21.3 Å². The van der Waals surface area contributed by atoms with Gasteiger partial charge in [-0.25, -0.2) is 0 Å². The highest BCUT2D eigenvalue weighted by Crippen LogP contribution is 2.40. The number of nitrogens with two attached hydrogens (primary N) is 1. The minimum absolute atomic E-state index is 0.00260. The molecule has 0 heterocycles. The second-order valence-electron chi connectivity index (χ2n) is 4.10. The van der Waals surface area contributed by atoms with Crippen LogP contribution in [0, 0.1) is 0 Å². The van der Waals surface area contributed by atoms with Gasteiger partial charge >= 0.3 is 0 Å². The molecule has 0 amide bonds. The summed E-state index contributed by atoms with van der Waals surface area (Å²) in [4.78, 5) is 0. The molecule has 0 aliphatic heterocycles. The lowest BCUT2D eigenvalue weighted by atomic mass is 10.1. The first-order valence-electron chi connectivity index (χ1n) is 5.77. The molecule has 1 rings (SSSR count). The Bertz CT molecular complexity index is 439. The SMILES string of the molecule is COc1ccc(/C=C(/C)C(C)N)c(OC)c1OC. The second-order valence-corrected chi connectivity index (χ2v) is 4.10. The van der Waals surface area contributed by atoms with Crippen molar-refractivity contribution in [1.29, 1.82) is 0 Å². The van der Waals surface area contributed by atoms with Crippen LogP contribution in [0.1, 0.15) is 19.4 Å². The third-order valence-electron chi connectivity index (χ3n) is 2.84. The highest BCUT2D eigenvalue weighted by Gasteiger charge is 2.14. The standard InChI is InChI=1S/C14H21NO3/c1-9(10(2)15)8-11-6-7-12(16-3)14(18-5)13(11)17-4/h6-8,10H,15H2,1-5H3/b9-8-. The van der Waals surface area contributed by atoms with Gasteiger partial charge in [-0.15, -0.1) is 0 Å². The first-order chi connectivity index (χ1) is 8.54. The fourth-order valence-corrected chi connectivity index (χ4v) is 1.61. The summed E-state index contributed by atoms with van der Waals surface area (Å²) in [5, 5.41) is 0. The van der Waals surface area contributed by atoms with Crippen LogP contribution in [-0.4, -0.2) is 27.4 Å². The molecule has 18 heavy (non-hydrogen) atoms.